The summed E-state index contributed by atoms with van der Waals surface area (Å²) < 4.78 is 12.0. The maximum Gasteiger partial charge on any atom is 0.164 e. The predicted octanol–water partition coefficient (Wildman–Crippen LogP) is 7.92. The van der Waals surface area contributed by atoms with Gasteiger partial charge in [0.05, 0.1) is 0 Å². The van der Waals surface area contributed by atoms with Gasteiger partial charge in [0.1, 0.15) is 23.0 Å². The van der Waals surface area contributed by atoms with Crippen molar-refractivity contribution in [3.05, 3.63) is 118 Å². The second-order valence-electron chi connectivity index (χ2n) is 11.0. The first-order chi connectivity index (χ1) is 19.7. The molecule has 0 spiro atoms. The first-order valence-corrected chi connectivity index (χ1v) is 13.7. The van der Waals surface area contributed by atoms with Crippen LogP contribution in [0.2, 0.25) is 0 Å². The second kappa shape index (κ2) is 10.3. The Morgan fingerprint density at radius 2 is 0.756 bits per heavy atom. The molecule has 0 atom stereocenters. The Labute approximate surface area is 237 Å². The Bertz CT molecular complexity index is 1580. The van der Waals surface area contributed by atoms with Gasteiger partial charge in [0.2, 0.25) is 0 Å². The van der Waals surface area contributed by atoms with Crippen LogP contribution < -0.4 is 9.47 Å². The van der Waals surface area contributed by atoms with Gasteiger partial charge in [-0.3, -0.25) is 19.2 Å². The molecule has 2 aliphatic carbocycles. The summed E-state index contributed by atoms with van der Waals surface area (Å²) >= 11 is 0. The summed E-state index contributed by atoms with van der Waals surface area (Å²) in [6, 6.07) is 25.7. The molecule has 204 valence electrons. The molecule has 6 nitrogen and oxygen atoms in total. The quantitative estimate of drug-likeness (QED) is 0.245. The molecule has 2 aliphatic rings. The summed E-state index contributed by atoms with van der Waals surface area (Å²) in [5, 5.41) is 0. The van der Waals surface area contributed by atoms with E-state index in [2.05, 4.69) is 13.8 Å². The second-order valence-corrected chi connectivity index (χ2v) is 11.0. The normalized spacial score (nSPS) is 14.9. The molecular formula is C35H28O6. The third kappa shape index (κ3) is 5.09. The molecule has 0 unspecified atom stereocenters. The molecule has 6 rings (SSSR count). The molecule has 0 saturated heterocycles. The van der Waals surface area contributed by atoms with Crippen molar-refractivity contribution >= 4 is 23.1 Å². The summed E-state index contributed by atoms with van der Waals surface area (Å²) in [5.74, 6) is 2.21. The Morgan fingerprint density at radius 1 is 0.439 bits per heavy atom. The molecule has 0 aliphatic heterocycles. The Kier molecular flexibility index (Phi) is 6.62. The van der Waals surface area contributed by atoms with Gasteiger partial charge < -0.3 is 9.47 Å². The molecule has 4 aromatic carbocycles. The smallest absolute Gasteiger partial charge is 0.164 e. The SMILES string of the molecule is CC(C)(c1ccc(Oc2ccc3c(c2)C(=O)CCC3=O)cc1)c1ccc(Oc2ccc3c(c2)C(=O)CCC3=O)cc1. The molecule has 0 bridgehead atoms. The number of Topliss-reactive ketones (excluding diaryl/α,β-unsaturated/α-hetero) is 4. The van der Waals surface area contributed by atoms with Crippen LogP contribution >= 0.6 is 0 Å². The third-order valence-electron chi connectivity index (χ3n) is 7.97. The minimum absolute atomic E-state index is 0.00916. The van der Waals surface area contributed by atoms with Gasteiger partial charge >= 0.3 is 0 Å². The zero-order chi connectivity index (χ0) is 28.7. The third-order valence-corrected chi connectivity index (χ3v) is 7.97. The molecule has 0 fully saturated rings. The van der Waals surface area contributed by atoms with E-state index in [0.717, 1.165) is 11.1 Å². The highest BCUT2D eigenvalue weighted by atomic mass is 16.5. The summed E-state index contributed by atoms with van der Waals surface area (Å²) in [6.07, 6.45) is 1.00. The average Bonchev–Trinajstić information content (AvgIpc) is 2.98. The first kappa shape index (κ1) is 26.4. The molecule has 0 heterocycles. The van der Waals surface area contributed by atoms with E-state index in [1.807, 2.05) is 48.5 Å². The Balaban J connectivity index is 1.15. The minimum atomic E-state index is -0.311. The van der Waals surface area contributed by atoms with E-state index in [9.17, 15) is 19.2 Å². The van der Waals surface area contributed by atoms with Crippen LogP contribution in [0.15, 0.2) is 84.9 Å². The number of rotatable bonds is 6. The largest absolute Gasteiger partial charge is 0.457 e. The number of hydrogen-bond donors (Lipinski definition) is 0. The van der Waals surface area contributed by atoms with Crippen molar-refractivity contribution in [2.24, 2.45) is 0 Å². The fourth-order valence-corrected chi connectivity index (χ4v) is 5.43. The lowest BCUT2D eigenvalue weighted by Gasteiger charge is -2.26. The van der Waals surface area contributed by atoms with E-state index in [4.69, 9.17) is 9.47 Å². The van der Waals surface area contributed by atoms with Crippen LogP contribution in [-0.2, 0) is 5.41 Å². The minimum Gasteiger partial charge on any atom is -0.457 e. The van der Waals surface area contributed by atoms with Gasteiger partial charge in [0.15, 0.2) is 23.1 Å². The van der Waals surface area contributed by atoms with Crippen LogP contribution in [0.4, 0.5) is 0 Å². The predicted molar refractivity (Wildman–Crippen MR) is 154 cm³/mol. The average molecular weight is 545 g/mol. The zero-order valence-electron chi connectivity index (χ0n) is 22.9. The highest BCUT2D eigenvalue weighted by Crippen LogP contribution is 2.36. The van der Waals surface area contributed by atoms with Gasteiger partial charge in [-0.05, 0) is 71.8 Å². The topological polar surface area (TPSA) is 86.7 Å². The summed E-state index contributed by atoms with van der Waals surface area (Å²) in [5.41, 5.74) is 3.66. The van der Waals surface area contributed by atoms with Gasteiger partial charge in [0.25, 0.3) is 0 Å². The van der Waals surface area contributed by atoms with Crippen LogP contribution in [0.25, 0.3) is 0 Å². The van der Waals surface area contributed by atoms with Crippen molar-refractivity contribution in [2.45, 2.75) is 44.9 Å². The van der Waals surface area contributed by atoms with Gasteiger partial charge in [0, 0.05) is 53.4 Å². The lowest BCUT2D eigenvalue weighted by Crippen LogP contribution is -2.18. The van der Waals surface area contributed by atoms with E-state index >= 15 is 0 Å². The van der Waals surface area contributed by atoms with Gasteiger partial charge in [-0.15, -0.1) is 0 Å². The van der Waals surface area contributed by atoms with Crippen molar-refractivity contribution in [1.29, 1.82) is 0 Å². The summed E-state index contributed by atoms with van der Waals surface area (Å²) in [6.45, 7) is 4.27. The van der Waals surface area contributed by atoms with Gasteiger partial charge in [-0.2, -0.15) is 0 Å². The maximum absolute atomic E-state index is 12.3. The molecule has 0 aromatic heterocycles. The van der Waals surface area contributed by atoms with Crippen molar-refractivity contribution in [3.63, 3.8) is 0 Å². The molecule has 41 heavy (non-hydrogen) atoms. The number of hydrogen-bond acceptors (Lipinski definition) is 6. The monoisotopic (exact) mass is 544 g/mol. The van der Waals surface area contributed by atoms with Crippen molar-refractivity contribution in [2.75, 3.05) is 0 Å². The van der Waals surface area contributed by atoms with E-state index in [1.165, 1.54) is 0 Å². The van der Waals surface area contributed by atoms with Crippen LogP contribution in [-0.4, -0.2) is 23.1 Å². The molecule has 0 radical (unpaired) electrons. The molecular weight excluding hydrogens is 516 g/mol. The van der Waals surface area contributed by atoms with Gasteiger partial charge in [-0.1, -0.05) is 38.1 Å². The highest BCUT2D eigenvalue weighted by molar-refractivity contribution is 6.14. The van der Waals surface area contributed by atoms with E-state index < -0.39 is 0 Å². The number of fused-ring (bicyclic) bond motifs is 2. The number of ether oxygens (including phenoxy) is 2. The summed E-state index contributed by atoms with van der Waals surface area (Å²) in [7, 11) is 0. The number of carbonyl (C=O) groups is 4. The highest BCUT2D eigenvalue weighted by Gasteiger charge is 2.26. The lowest BCUT2D eigenvalue weighted by atomic mass is 9.78. The maximum atomic E-state index is 12.3. The van der Waals surface area contributed by atoms with E-state index in [1.54, 1.807) is 36.4 Å². The van der Waals surface area contributed by atoms with Crippen LogP contribution in [0, 0.1) is 0 Å². The van der Waals surface area contributed by atoms with Crippen LogP contribution in [0.5, 0.6) is 23.0 Å². The number of ketones is 4. The van der Waals surface area contributed by atoms with Crippen molar-refractivity contribution < 1.29 is 28.7 Å². The molecule has 0 amide bonds. The molecule has 0 N–H and O–H groups in total. The van der Waals surface area contributed by atoms with Gasteiger partial charge in [-0.25, -0.2) is 0 Å². The lowest BCUT2D eigenvalue weighted by molar-refractivity contribution is 0.0890. The molecule has 0 saturated carbocycles. The molecule has 4 aromatic rings. The molecule has 6 heteroatoms. The number of carbonyl (C=O) groups excluding carboxylic acids is 4. The fraction of sp³-hybridized carbons (Fsp3) is 0.200. The van der Waals surface area contributed by atoms with Crippen LogP contribution in [0.1, 0.15) is 92.1 Å². The fourth-order valence-electron chi connectivity index (χ4n) is 5.43. The summed E-state index contributed by atoms with van der Waals surface area (Å²) in [4.78, 5) is 48.7. The first-order valence-electron chi connectivity index (χ1n) is 13.7. The van der Waals surface area contributed by atoms with E-state index in [-0.39, 0.29) is 54.2 Å². The standard InChI is InChI=1S/C35H28O6/c1-35(2,21-3-7-23(8-4-21)40-25-11-13-27-29(19-25)33(38)17-15-31(27)36)22-5-9-24(10-6-22)41-26-12-14-28-30(20-26)34(39)18-16-32(28)37/h3-14,19-20H,15-18H2,1-2H3. The Hall–Kier alpha value is -4.84. The van der Waals surface area contributed by atoms with E-state index in [0.29, 0.717) is 45.3 Å². The van der Waals surface area contributed by atoms with Crippen molar-refractivity contribution in [3.8, 4) is 23.0 Å². The Morgan fingerprint density at radius 3 is 1.12 bits per heavy atom. The van der Waals surface area contributed by atoms with Crippen LogP contribution in [0.3, 0.4) is 0 Å². The zero-order valence-corrected chi connectivity index (χ0v) is 22.9. The van der Waals surface area contributed by atoms with Crippen molar-refractivity contribution in [1.82, 2.24) is 0 Å². The number of benzene rings is 4.